The number of alkyl halides is 3. The molecule has 1 atom stereocenters. The van der Waals surface area contributed by atoms with Gasteiger partial charge >= 0.3 is 6.18 Å². The molecule has 1 aromatic heterocycles. The number of carbonyl (C=O) groups excluding carboxylic acids is 1. The van der Waals surface area contributed by atoms with Gasteiger partial charge in [-0.2, -0.15) is 13.2 Å². The second kappa shape index (κ2) is 5.49. The molecule has 2 aliphatic rings. The van der Waals surface area contributed by atoms with Gasteiger partial charge in [-0.25, -0.2) is 9.97 Å². The van der Waals surface area contributed by atoms with Crippen molar-refractivity contribution in [3.8, 4) is 0 Å². The summed E-state index contributed by atoms with van der Waals surface area (Å²) >= 11 is 0. The molecule has 22 heavy (non-hydrogen) atoms. The largest absolute Gasteiger partial charge is 0.451 e. The fourth-order valence-electron chi connectivity index (χ4n) is 3.16. The molecule has 2 saturated heterocycles. The summed E-state index contributed by atoms with van der Waals surface area (Å²) in [7, 11) is 0. The van der Waals surface area contributed by atoms with Gasteiger partial charge in [0.05, 0.1) is 17.7 Å². The van der Waals surface area contributed by atoms with Crippen LogP contribution in [0.5, 0.6) is 0 Å². The van der Waals surface area contributed by atoms with Crippen molar-refractivity contribution in [3.63, 3.8) is 0 Å². The zero-order valence-corrected chi connectivity index (χ0v) is 11.9. The lowest BCUT2D eigenvalue weighted by molar-refractivity contribution is -0.145. The van der Waals surface area contributed by atoms with Crippen molar-refractivity contribution in [2.45, 2.75) is 37.4 Å². The maximum atomic E-state index is 12.6. The number of nitrogens with zero attached hydrogens (tertiary/aromatic N) is 3. The number of aromatic nitrogens is 2. The summed E-state index contributed by atoms with van der Waals surface area (Å²) < 4.78 is 42.9. The van der Waals surface area contributed by atoms with E-state index in [9.17, 15) is 18.0 Å². The Morgan fingerprint density at radius 1 is 1.23 bits per heavy atom. The van der Waals surface area contributed by atoms with Gasteiger partial charge in [0.2, 0.25) is 5.82 Å². The van der Waals surface area contributed by atoms with Gasteiger partial charge in [-0.15, -0.1) is 0 Å². The number of piperidine rings is 1. The highest BCUT2D eigenvalue weighted by atomic mass is 19.4. The molecular weight excluding hydrogens is 299 g/mol. The third-order valence-electron chi connectivity index (χ3n) is 4.33. The predicted molar refractivity (Wildman–Crippen MR) is 70.1 cm³/mol. The molecule has 2 aliphatic heterocycles. The molecule has 2 fully saturated rings. The minimum atomic E-state index is -4.60. The fraction of sp³-hybridized carbons (Fsp3) is 0.643. The average molecular weight is 315 g/mol. The summed E-state index contributed by atoms with van der Waals surface area (Å²) in [6.07, 6.45) is 0.839. The average Bonchev–Trinajstić information content (AvgIpc) is 2.95. The Morgan fingerprint density at radius 3 is 2.55 bits per heavy atom. The maximum absolute atomic E-state index is 12.6. The van der Waals surface area contributed by atoms with Crippen LogP contribution in [0, 0.1) is 0 Å². The number of halogens is 3. The lowest BCUT2D eigenvalue weighted by Gasteiger charge is -2.43. The monoisotopic (exact) mass is 315 g/mol. The molecule has 0 aromatic carbocycles. The van der Waals surface area contributed by atoms with Crippen molar-refractivity contribution in [1.82, 2.24) is 14.9 Å². The van der Waals surface area contributed by atoms with Gasteiger partial charge in [-0.3, -0.25) is 4.79 Å². The van der Waals surface area contributed by atoms with Gasteiger partial charge in [0.15, 0.2) is 0 Å². The highest BCUT2D eigenvalue weighted by Crippen LogP contribution is 2.36. The molecule has 0 aliphatic carbocycles. The Hall–Kier alpha value is -1.70. The molecular formula is C14H16F3N3O2. The molecule has 0 bridgehead atoms. The van der Waals surface area contributed by atoms with E-state index in [1.807, 2.05) is 0 Å². The number of ether oxygens (including phenoxy) is 1. The van der Waals surface area contributed by atoms with Gasteiger partial charge in [-0.05, 0) is 25.7 Å². The van der Waals surface area contributed by atoms with Crippen LogP contribution < -0.4 is 0 Å². The Balaban J connectivity index is 1.83. The number of rotatable bonds is 1. The maximum Gasteiger partial charge on any atom is 0.451 e. The smallest absolute Gasteiger partial charge is 0.379 e. The Labute approximate surface area is 125 Å². The van der Waals surface area contributed by atoms with Crippen molar-refractivity contribution < 1.29 is 22.7 Å². The van der Waals surface area contributed by atoms with Crippen LogP contribution in [0.25, 0.3) is 0 Å². The summed E-state index contributed by atoms with van der Waals surface area (Å²) in [6.45, 7) is 1.68. The predicted octanol–water partition coefficient (Wildman–Crippen LogP) is 2.28. The van der Waals surface area contributed by atoms with Crippen LogP contribution in [0.2, 0.25) is 0 Å². The van der Waals surface area contributed by atoms with Gasteiger partial charge in [0, 0.05) is 25.5 Å². The van der Waals surface area contributed by atoms with E-state index < -0.39 is 12.0 Å². The van der Waals surface area contributed by atoms with Gasteiger partial charge in [0.25, 0.3) is 5.91 Å². The number of carbonyl (C=O) groups is 1. The first-order valence-corrected chi connectivity index (χ1v) is 7.21. The summed E-state index contributed by atoms with van der Waals surface area (Å²) in [5.74, 6) is -1.56. The molecule has 0 radical (unpaired) electrons. The summed E-state index contributed by atoms with van der Waals surface area (Å²) in [5, 5.41) is 0. The molecule has 1 unspecified atom stereocenters. The van der Waals surface area contributed by atoms with E-state index in [-0.39, 0.29) is 17.0 Å². The van der Waals surface area contributed by atoms with Crippen LogP contribution in [0.3, 0.4) is 0 Å². The van der Waals surface area contributed by atoms with Crippen molar-refractivity contribution in [2.75, 3.05) is 19.8 Å². The van der Waals surface area contributed by atoms with E-state index in [2.05, 4.69) is 9.97 Å². The van der Waals surface area contributed by atoms with Crippen LogP contribution >= 0.6 is 0 Å². The first-order valence-electron chi connectivity index (χ1n) is 7.21. The molecule has 0 N–H and O–H groups in total. The zero-order chi connectivity index (χ0) is 15.8. The second-order valence-corrected chi connectivity index (χ2v) is 5.73. The number of hydrogen-bond donors (Lipinski definition) is 0. The highest BCUT2D eigenvalue weighted by Gasteiger charge is 2.45. The van der Waals surface area contributed by atoms with Gasteiger partial charge < -0.3 is 9.64 Å². The van der Waals surface area contributed by atoms with Crippen molar-refractivity contribution in [1.29, 1.82) is 0 Å². The standard InChI is InChI=1S/C14H16F3N3O2/c15-14(16,17)12-18-7-10(8-19-12)11(21)20-5-2-1-3-13(20)4-6-22-9-13/h7-8H,1-6,9H2. The van der Waals surface area contributed by atoms with Crippen molar-refractivity contribution >= 4 is 5.91 Å². The number of likely N-dealkylation sites (tertiary alicyclic amines) is 1. The molecule has 3 heterocycles. The van der Waals surface area contributed by atoms with Crippen molar-refractivity contribution in [3.05, 3.63) is 23.8 Å². The molecule has 1 spiro atoms. The van der Waals surface area contributed by atoms with E-state index >= 15 is 0 Å². The summed E-state index contributed by atoms with van der Waals surface area (Å²) in [5.41, 5.74) is -0.237. The van der Waals surface area contributed by atoms with Gasteiger partial charge in [0.1, 0.15) is 0 Å². The van der Waals surface area contributed by atoms with E-state index in [1.165, 1.54) is 0 Å². The molecule has 5 nitrogen and oxygen atoms in total. The Kier molecular flexibility index (Phi) is 3.80. The van der Waals surface area contributed by atoms with Gasteiger partial charge in [-0.1, -0.05) is 0 Å². The van der Waals surface area contributed by atoms with Crippen LogP contribution in [-0.2, 0) is 10.9 Å². The summed E-state index contributed by atoms with van der Waals surface area (Å²) in [4.78, 5) is 20.9. The topological polar surface area (TPSA) is 55.3 Å². The normalized spacial score (nSPS) is 25.7. The molecule has 1 amide bonds. The Morgan fingerprint density at radius 2 is 1.95 bits per heavy atom. The van der Waals surface area contributed by atoms with E-state index in [1.54, 1.807) is 4.90 Å². The number of hydrogen-bond acceptors (Lipinski definition) is 4. The van der Waals surface area contributed by atoms with E-state index in [0.29, 0.717) is 19.8 Å². The minimum absolute atomic E-state index is 0.0844. The van der Waals surface area contributed by atoms with Crippen LogP contribution in [-0.4, -0.2) is 46.1 Å². The van der Waals surface area contributed by atoms with Crippen molar-refractivity contribution in [2.24, 2.45) is 0 Å². The van der Waals surface area contributed by atoms with Crippen LogP contribution in [0.1, 0.15) is 41.9 Å². The SMILES string of the molecule is O=C(c1cnc(C(F)(F)F)nc1)N1CCCCC12CCOC2. The quantitative estimate of drug-likeness (QED) is 0.798. The first kappa shape index (κ1) is 15.2. The van der Waals surface area contributed by atoms with E-state index in [0.717, 1.165) is 38.1 Å². The second-order valence-electron chi connectivity index (χ2n) is 5.73. The highest BCUT2D eigenvalue weighted by molar-refractivity contribution is 5.94. The molecule has 120 valence electrons. The van der Waals surface area contributed by atoms with Crippen LogP contribution in [0.15, 0.2) is 12.4 Å². The zero-order valence-electron chi connectivity index (χ0n) is 11.9. The minimum Gasteiger partial charge on any atom is -0.379 e. The third-order valence-corrected chi connectivity index (χ3v) is 4.33. The fourth-order valence-corrected chi connectivity index (χ4v) is 3.16. The summed E-state index contributed by atoms with van der Waals surface area (Å²) in [6, 6.07) is 0. The number of amides is 1. The molecule has 0 saturated carbocycles. The molecule has 1 aromatic rings. The lowest BCUT2D eigenvalue weighted by atomic mass is 9.85. The first-order chi connectivity index (χ1) is 10.4. The molecule has 8 heteroatoms. The third kappa shape index (κ3) is 2.67. The molecule has 3 rings (SSSR count). The lowest BCUT2D eigenvalue weighted by Crippen LogP contribution is -2.55. The van der Waals surface area contributed by atoms with E-state index in [4.69, 9.17) is 4.74 Å². The Bertz CT molecular complexity index is 553. The van der Waals surface area contributed by atoms with Crippen LogP contribution in [0.4, 0.5) is 13.2 Å².